The van der Waals surface area contributed by atoms with Gasteiger partial charge in [0.1, 0.15) is 17.1 Å². The van der Waals surface area contributed by atoms with Crippen molar-refractivity contribution in [2.45, 2.75) is 19.4 Å². The summed E-state index contributed by atoms with van der Waals surface area (Å²) in [5.74, 6) is 0.0434. The SMILES string of the molecule is O=C(O)c1cn(Cc2ccc(N3CCCC3)nc2)nc1-c1ccsc1. The molecule has 0 aromatic carbocycles. The smallest absolute Gasteiger partial charge is 0.339 e. The third kappa shape index (κ3) is 3.28. The van der Waals surface area contributed by atoms with Gasteiger partial charge in [0, 0.05) is 36.4 Å². The Hall–Kier alpha value is -2.67. The zero-order valence-corrected chi connectivity index (χ0v) is 14.4. The van der Waals surface area contributed by atoms with Gasteiger partial charge in [-0.05, 0) is 35.9 Å². The number of pyridine rings is 1. The molecule has 0 amide bonds. The maximum atomic E-state index is 11.5. The molecule has 1 saturated heterocycles. The standard InChI is InChI=1S/C18H18N4O2S/c23-18(24)15-11-22(20-17(15)14-5-8-25-12-14)10-13-3-4-16(19-9-13)21-6-1-2-7-21/h3-5,8-9,11-12H,1-2,6-7,10H2,(H,23,24). The Balaban J connectivity index is 1.56. The highest BCUT2D eigenvalue weighted by atomic mass is 32.1. The molecule has 4 heterocycles. The first-order valence-electron chi connectivity index (χ1n) is 8.24. The summed E-state index contributed by atoms with van der Waals surface area (Å²) in [6.45, 7) is 2.63. The number of aromatic nitrogens is 3. The van der Waals surface area contributed by atoms with Crippen molar-refractivity contribution in [2.75, 3.05) is 18.0 Å². The third-order valence-electron chi connectivity index (χ3n) is 4.37. The maximum Gasteiger partial charge on any atom is 0.339 e. The average Bonchev–Trinajstić information content (AvgIpc) is 3.36. The Labute approximate surface area is 149 Å². The van der Waals surface area contributed by atoms with Crippen molar-refractivity contribution in [3.8, 4) is 11.3 Å². The Kier molecular flexibility index (Phi) is 4.23. The highest BCUT2D eigenvalue weighted by Crippen LogP contribution is 2.25. The molecule has 3 aromatic rings. The average molecular weight is 354 g/mol. The van der Waals surface area contributed by atoms with E-state index < -0.39 is 5.97 Å². The van der Waals surface area contributed by atoms with Crippen LogP contribution in [0.15, 0.2) is 41.4 Å². The fraction of sp³-hybridized carbons (Fsp3) is 0.278. The van der Waals surface area contributed by atoms with Gasteiger partial charge in [0.2, 0.25) is 0 Å². The van der Waals surface area contributed by atoms with Crippen LogP contribution in [0, 0.1) is 0 Å². The van der Waals surface area contributed by atoms with E-state index in [2.05, 4.69) is 15.0 Å². The van der Waals surface area contributed by atoms with Gasteiger partial charge in [0.15, 0.2) is 0 Å². The number of nitrogens with zero attached hydrogens (tertiary/aromatic N) is 4. The van der Waals surface area contributed by atoms with Crippen LogP contribution in [0.5, 0.6) is 0 Å². The molecule has 0 spiro atoms. The van der Waals surface area contributed by atoms with Crippen LogP contribution in [0.25, 0.3) is 11.3 Å². The number of hydrogen-bond donors (Lipinski definition) is 1. The van der Waals surface area contributed by atoms with Crippen LogP contribution in [-0.4, -0.2) is 38.9 Å². The fourth-order valence-electron chi connectivity index (χ4n) is 3.10. The van der Waals surface area contributed by atoms with E-state index in [0.29, 0.717) is 12.2 Å². The molecule has 0 radical (unpaired) electrons. The van der Waals surface area contributed by atoms with Crippen molar-refractivity contribution in [2.24, 2.45) is 0 Å². The second-order valence-electron chi connectivity index (χ2n) is 6.12. The molecule has 6 nitrogen and oxygen atoms in total. The zero-order chi connectivity index (χ0) is 17.2. The first kappa shape index (κ1) is 15.8. The van der Waals surface area contributed by atoms with Gasteiger partial charge in [0.05, 0.1) is 6.54 Å². The predicted molar refractivity (Wildman–Crippen MR) is 97.3 cm³/mol. The summed E-state index contributed by atoms with van der Waals surface area (Å²) in [6.07, 6.45) is 5.88. The maximum absolute atomic E-state index is 11.5. The molecule has 1 aliphatic heterocycles. The molecule has 25 heavy (non-hydrogen) atoms. The van der Waals surface area contributed by atoms with Gasteiger partial charge >= 0.3 is 5.97 Å². The van der Waals surface area contributed by atoms with Gasteiger partial charge in [0.25, 0.3) is 0 Å². The molecule has 128 valence electrons. The van der Waals surface area contributed by atoms with Crippen LogP contribution in [0.1, 0.15) is 28.8 Å². The first-order chi connectivity index (χ1) is 12.2. The molecule has 0 unspecified atom stereocenters. The normalized spacial score (nSPS) is 14.2. The van der Waals surface area contributed by atoms with Crippen molar-refractivity contribution in [3.63, 3.8) is 0 Å². The van der Waals surface area contributed by atoms with Crippen molar-refractivity contribution >= 4 is 23.1 Å². The van der Waals surface area contributed by atoms with Crippen LogP contribution in [-0.2, 0) is 6.54 Å². The lowest BCUT2D eigenvalue weighted by Gasteiger charge is -2.16. The first-order valence-corrected chi connectivity index (χ1v) is 9.18. The van der Waals surface area contributed by atoms with Gasteiger partial charge in [-0.25, -0.2) is 9.78 Å². The van der Waals surface area contributed by atoms with Crippen LogP contribution in [0.4, 0.5) is 5.82 Å². The molecule has 1 fully saturated rings. The summed E-state index contributed by atoms with van der Waals surface area (Å²) in [5, 5.41) is 17.7. The van der Waals surface area contributed by atoms with Gasteiger partial charge in [-0.2, -0.15) is 16.4 Å². The Bertz CT molecular complexity index is 865. The van der Waals surface area contributed by atoms with E-state index in [0.717, 1.165) is 30.0 Å². The number of carboxylic acids is 1. The minimum Gasteiger partial charge on any atom is -0.478 e. The molecule has 0 atom stereocenters. The van der Waals surface area contributed by atoms with Crippen molar-refractivity contribution in [3.05, 3.63) is 52.5 Å². The summed E-state index contributed by atoms with van der Waals surface area (Å²) in [7, 11) is 0. The topological polar surface area (TPSA) is 71.2 Å². The lowest BCUT2D eigenvalue weighted by molar-refractivity contribution is 0.0697. The number of carboxylic acid groups (broad SMARTS) is 1. The number of thiophene rings is 1. The zero-order valence-electron chi connectivity index (χ0n) is 13.6. The molecular formula is C18H18N4O2S. The summed E-state index contributed by atoms with van der Waals surface area (Å²) in [5.41, 5.74) is 2.57. The second-order valence-corrected chi connectivity index (χ2v) is 6.90. The second kappa shape index (κ2) is 6.68. The van der Waals surface area contributed by atoms with Crippen LogP contribution in [0.3, 0.4) is 0 Å². The number of hydrogen-bond acceptors (Lipinski definition) is 5. The van der Waals surface area contributed by atoms with E-state index in [1.807, 2.05) is 35.2 Å². The van der Waals surface area contributed by atoms with Gasteiger partial charge in [-0.15, -0.1) is 0 Å². The highest BCUT2D eigenvalue weighted by Gasteiger charge is 2.18. The molecule has 0 saturated carbocycles. The monoisotopic (exact) mass is 354 g/mol. The molecule has 3 aromatic heterocycles. The number of anilines is 1. The number of aromatic carboxylic acids is 1. The molecule has 0 aliphatic carbocycles. The summed E-state index contributed by atoms with van der Waals surface area (Å²) in [4.78, 5) is 18.3. The van der Waals surface area contributed by atoms with E-state index in [-0.39, 0.29) is 5.56 Å². The lowest BCUT2D eigenvalue weighted by atomic mass is 10.1. The summed E-state index contributed by atoms with van der Waals surface area (Å²) >= 11 is 1.52. The van der Waals surface area contributed by atoms with Gasteiger partial charge in [-0.1, -0.05) is 6.07 Å². The minimum atomic E-state index is -0.963. The molecular weight excluding hydrogens is 336 g/mol. The predicted octanol–water partition coefficient (Wildman–Crippen LogP) is 3.35. The van der Waals surface area contributed by atoms with Gasteiger partial charge < -0.3 is 10.0 Å². The van der Waals surface area contributed by atoms with Crippen LogP contribution < -0.4 is 4.90 Å². The number of carbonyl (C=O) groups is 1. The van der Waals surface area contributed by atoms with Crippen LogP contribution >= 0.6 is 11.3 Å². The molecule has 1 aliphatic rings. The van der Waals surface area contributed by atoms with E-state index in [1.165, 1.54) is 24.2 Å². The van der Waals surface area contributed by atoms with Crippen molar-refractivity contribution in [1.29, 1.82) is 0 Å². The quantitative estimate of drug-likeness (QED) is 0.761. The number of rotatable bonds is 5. The van der Waals surface area contributed by atoms with Crippen LogP contribution in [0.2, 0.25) is 0 Å². The largest absolute Gasteiger partial charge is 0.478 e. The molecule has 0 bridgehead atoms. The summed E-state index contributed by atoms with van der Waals surface area (Å²) in [6, 6.07) is 5.95. The van der Waals surface area contributed by atoms with Gasteiger partial charge in [-0.3, -0.25) is 4.68 Å². The highest BCUT2D eigenvalue weighted by molar-refractivity contribution is 7.08. The molecule has 4 rings (SSSR count). The van der Waals surface area contributed by atoms with Crippen molar-refractivity contribution in [1.82, 2.24) is 14.8 Å². The van der Waals surface area contributed by atoms with E-state index >= 15 is 0 Å². The van der Waals surface area contributed by atoms with E-state index in [4.69, 9.17) is 0 Å². The Morgan fingerprint density at radius 3 is 2.72 bits per heavy atom. The lowest BCUT2D eigenvalue weighted by Crippen LogP contribution is -2.18. The fourth-order valence-corrected chi connectivity index (χ4v) is 3.74. The van der Waals surface area contributed by atoms with Crippen molar-refractivity contribution < 1.29 is 9.90 Å². The van der Waals surface area contributed by atoms with E-state index in [9.17, 15) is 9.90 Å². The Morgan fingerprint density at radius 1 is 1.24 bits per heavy atom. The molecule has 1 N–H and O–H groups in total. The molecule has 7 heteroatoms. The Morgan fingerprint density at radius 2 is 2.08 bits per heavy atom. The minimum absolute atomic E-state index is 0.222. The van der Waals surface area contributed by atoms with E-state index in [1.54, 1.807) is 10.9 Å². The third-order valence-corrected chi connectivity index (χ3v) is 5.05. The summed E-state index contributed by atoms with van der Waals surface area (Å²) < 4.78 is 1.67.